The normalized spacial score (nSPS) is 20.1. The average molecular weight is 272 g/mol. The van der Waals surface area contributed by atoms with E-state index in [0.717, 1.165) is 6.42 Å². The molecule has 0 spiro atoms. The van der Waals surface area contributed by atoms with Gasteiger partial charge in [0, 0.05) is 13.1 Å². The molecule has 1 aromatic rings. The minimum absolute atomic E-state index is 0.141. The summed E-state index contributed by atoms with van der Waals surface area (Å²) in [4.78, 5) is 14.3. The summed E-state index contributed by atoms with van der Waals surface area (Å²) in [5.74, 6) is 0.419. The van der Waals surface area contributed by atoms with Crippen molar-refractivity contribution in [2.75, 3.05) is 32.6 Å². The highest BCUT2D eigenvalue weighted by molar-refractivity contribution is 6.28. The fourth-order valence-corrected chi connectivity index (χ4v) is 2.29. The van der Waals surface area contributed by atoms with Gasteiger partial charge in [0.1, 0.15) is 0 Å². The number of nitrogens with one attached hydrogen (secondary N) is 1. The third-order valence-corrected chi connectivity index (χ3v) is 3.33. The number of hydrogen-bond donors (Lipinski definition) is 1. The van der Waals surface area contributed by atoms with E-state index in [1.54, 1.807) is 7.05 Å². The molecule has 0 bridgehead atoms. The summed E-state index contributed by atoms with van der Waals surface area (Å²) in [6.45, 7) is 1.77. The smallest absolute Gasteiger partial charge is 0.322 e. The van der Waals surface area contributed by atoms with Gasteiger partial charge in [-0.1, -0.05) is 0 Å². The molecule has 1 unspecified atom stereocenters. The monoisotopic (exact) mass is 271 g/mol. The molecule has 6 nitrogen and oxygen atoms in total. The van der Waals surface area contributed by atoms with Crippen LogP contribution in [0.15, 0.2) is 0 Å². The number of ether oxygens (including phenoxy) is 1. The summed E-state index contributed by atoms with van der Waals surface area (Å²) in [6.07, 6.45) is 3.48. The molecule has 1 N–H and O–H groups in total. The van der Waals surface area contributed by atoms with E-state index in [1.165, 1.54) is 19.4 Å². The molecule has 0 saturated carbocycles. The molecule has 1 aliphatic rings. The highest BCUT2D eigenvalue weighted by Gasteiger charge is 2.20. The summed E-state index contributed by atoms with van der Waals surface area (Å²) in [7, 11) is 3.87. The number of hydrogen-bond acceptors (Lipinski definition) is 6. The lowest BCUT2D eigenvalue weighted by atomic mass is 10.2. The number of rotatable bonds is 5. The summed E-state index contributed by atoms with van der Waals surface area (Å²) in [5.41, 5.74) is 0. The first-order valence-electron chi connectivity index (χ1n) is 6.11. The van der Waals surface area contributed by atoms with Crippen LogP contribution < -0.4 is 10.1 Å². The number of nitrogens with zero attached hydrogens (tertiary/aromatic N) is 4. The van der Waals surface area contributed by atoms with Crippen molar-refractivity contribution in [1.82, 2.24) is 19.9 Å². The van der Waals surface area contributed by atoms with Crippen molar-refractivity contribution in [2.24, 2.45) is 0 Å². The first-order chi connectivity index (χ1) is 8.69. The lowest BCUT2D eigenvalue weighted by Gasteiger charge is -2.18. The van der Waals surface area contributed by atoms with Gasteiger partial charge in [-0.3, -0.25) is 0 Å². The second-order valence-corrected chi connectivity index (χ2v) is 4.71. The zero-order chi connectivity index (χ0) is 13.0. The second kappa shape index (κ2) is 6.15. The van der Waals surface area contributed by atoms with E-state index in [-0.39, 0.29) is 11.3 Å². The Morgan fingerprint density at radius 1 is 1.44 bits per heavy atom. The molecule has 1 aromatic heterocycles. The third-order valence-electron chi connectivity index (χ3n) is 3.16. The van der Waals surface area contributed by atoms with Gasteiger partial charge in [-0.2, -0.15) is 15.0 Å². The highest BCUT2D eigenvalue weighted by Crippen LogP contribution is 2.18. The third kappa shape index (κ3) is 3.43. The number of aromatic nitrogens is 3. The zero-order valence-electron chi connectivity index (χ0n) is 10.7. The van der Waals surface area contributed by atoms with Crippen LogP contribution in [0.3, 0.4) is 0 Å². The van der Waals surface area contributed by atoms with Crippen LogP contribution in [0.4, 0.5) is 5.95 Å². The molecular formula is C11H18ClN5O. The van der Waals surface area contributed by atoms with Gasteiger partial charge >= 0.3 is 6.01 Å². The Hall–Kier alpha value is -1.14. The maximum absolute atomic E-state index is 5.77. The zero-order valence-corrected chi connectivity index (χ0v) is 11.4. The standard InChI is InChI=1S/C11H18ClN5O/c1-13-10-14-9(12)15-11(16-10)18-7-5-8-4-3-6-17(8)2/h8H,3-7H2,1-2H3,(H,13,14,15,16). The SMILES string of the molecule is CNc1nc(Cl)nc(OCCC2CCCN2C)n1. The second-order valence-electron chi connectivity index (χ2n) is 4.37. The number of anilines is 1. The summed E-state index contributed by atoms with van der Waals surface area (Å²) in [5, 5.41) is 2.95. The minimum atomic E-state index is 0.141. The van der Waals surface area contributed by atoms with Crippen molar-refractivity contribution >= 4 is 17.5 Å². The maximum atomic E-state index is 5.77. The quantitative estimate of drug-likeness (QED) is 0.874. The fourth-order valence-electron chi connectivity index (χ4n) is 2.14. The van der Waals surface area contributed by atoms with E-state index < -0.39 is 0 Å². The van der Waals surface area contributed by atoms with Gasteiger partial charge in [-0.15, -0.1) is 0 Å². The molecule has 18 heavy (non-hydrogen) atoms. The first kappa shape index (κ1) is 13.3. The molecule has 100 valence electrons. The Morgan fingerprint density at radius 3 is 2.94 bits per heavy atom. The Labute approximate surface area is 112 Å². The van der Waals surface area contributed by atoms with Crippen LogP contribution in [0.25, 0.3) is 0 Å². The number of halogens is 1. The molecule has 1 aliphatic heterocycles. The van der Waals surface area contributed by atoms with Crippen LogP contribution in [0.5, 0.6) is 6.01 Å². The lowest BCUT2D eigenvalue weighted by Crippen LogP contribution is -2.26. The largest absolute Gasteiger partial charge is 0.463 e. The maximum Gasteiger partial charge on any atom is 0.322 e. The molecule has 0 aromatic carbocycles. The molecule has 1 saturated heterocycles. The first-order valence-corrected chi connectivity index (χ1v) is 6.49. The Balaban J connectivity index is 1.84. The van der Waals surface area contributed by atoms with Gasteiger partial charge in [0.2, 0.25) is 11.2 Å². The average Bonchev–Trinajstić information content (AvgIpc) is 2.74. The van der Waals surface area contributed by atoms with Gasteiger partial charge in [0.15, 0.2) is 0 Å². The molecule has 2 heterocycles. The van der Waals surface area contributed by atoms with E-state index in [4.69, 9.17) is 16.3 Å². The molecule has 7 heteroatoms. The molecule has 2 rings (SSSR count). The van der Waals surface area contributed by atoms with E-state index in [9.17, 15) is 0 Å². The minimum Gasteiger partial charge on any atom is -0.463 e. The molecular weight excluding hydrogens is 254 g/mol. The van der Waals surface area contributed by atoms with Crippen molar-refractivity contribution in [2.45, 2.75) is 25.3 Å². The fraction of sp³-hybridized carbons (Fsp3) is 0.727. The van der Waals surface area contributed by atoms with E-state index >= 15 is 0 Å². The molecule has 0 radical (unpaired) electrons. The van der Waals surface area contributed by atoms with E-state index in [2.05, 4.69) is 32.2 Å². The Morgan fingerprint density at radius 2 is 2.28 bits per heavy atom. The predicted octanol–water partition coefficient (Wildman–Crippen LogP) is 1.43. The van der Waals surface area contributed by atoms with Crippen molar-refractivity contribution in [1.29, 1.82) is 0 Å². The molecule has 0 amide bonds. The predicted molar refractivity (Wildman–Crippen MR) is 70.1 cm³/mol. The van der Waals surface area contributed by atoms with Crippen LogP contribution >= 0.6 is 11.6 Å². The Bertz CT molecular complexity index is 403. The van der Waals surface area contributed by atoms with Crippen LogP contribution in [-0.4, -0.2) is 53.1 Å². The van der Waals surface area contributed by atoms with E-state index in [1.807, 2.05) is 0 Å². The summed E-state index contributed by atoms with van der Waals surface area (Å²) in [6, 6.07) is 0.881. The Kier molecular flexibility index (Phi) is 4.54. The van der Waals surface area contributed by atoms with Gasteiger partial charge in [0.25, 0.3) is 0 Å². The van der Waals surface area contributed by atoms with Gasteiger partial charge in [-0.05, 0) is 44.5 Å². The van der Waals surface area contributed by atoms with Crippen molar-refractivity contribution < 1.29 is 4.74 Å². The molecule has 1 fully saturated rings. The summed E-state index contributed by atoms with van der Waals surface area (Å²) < 4.78 is 5.53. The van der Waals surface area contributed by atoms with Gasteiger partial charge < -0.3 is 15.0 Å². The van der Waals surface area contributed by atoms with Crippen LogP contribution in [0.2, 0.25) is 5.28 Å². The van der Waals surface area contributed by atoms with Gasteiger partial charge in [0.05, 0.1) is 6.61 Å². The number of likely N-dealkylation sites (tertiary alicyclic amines) is 1. The molecule has 1 atom stereocenters. The van der Waals surface area contributed by atoms with Crippen LogP contribution in [0.1, 0.15) is 19.3 Å². The summed E-state index contributed by atoms with van der Waals surface area (Å²) >= 11 is 5.77. The van der Waals surface area contributed by atoms with Gasteiger partial charge in [-0.25, -0.2) is 0 Å². The topological polar surface area (TPSA) is 63.2 Å². The van der Waals surface area contributed by atoms with Crippen LogP contribution in [0, 0.1) is 0 Å². The molecule has 0 aliphatic carbocycles. The van der Waals surface area contributed by atoms with Crippen molar-refractivity contribution in [3.8, 4) is 6.01 Å². The van der Waals surface area contributed by atoms with E-state index in [0.29, 0.717) is 18.6 Å². The van der Waals surface area contributed by atoms with Crippen molar-refractivity contribution in [3.05, 3.63) is 5.28 Å². The van der Waals surface area contributed by atoms with Crippen LogP contribution in [-0.2, 0) is 0 Å². The lowest BCUT2D eigenvalue weighted by molar-refractivity contribution is 0.223. The van der Waals surface area contributed by atoms with Crippen molar-refractivity contribution in [3.63, 3.8) is 0 Å². The highest BCUT2D eigenvalue weighted by atomic mass is 35.5.